The van der Waals surface area contributed by atoms with Crippen molar-refractivity contribution in [1.29, 1.82) is 0 Å². The molecule has 0 saturated carbocycles. The quantitative estimate of drug-likeness (QED) is 0.734. The molecule has 0 saturated heterocycles. The van der Waals surface area contributed by atoms with Crippen LogP contribution in [0.4, 0.5) is 10.5 Å². The average Bonchev–Trinajstić information content (AvgIpc) is 2.06. The van der Waals surface area contributed by atoms with Gasteiger partial charge in [-0.05, 0) is 30.0 Å². The fraction of sp³-hybridized carbons (Fsp3) is 0.364. The van der Waals surface area contributed by atoms with Gasteiger partial charge < -0.3 is 5.32 Å². The molecule has 1 N–H and O–H groups in total. The maximum absolute atomic E-state index is 10.6. The summed E-state index contributed by atoms with van der Waals surface area (Å²) in [7, 11) is 0. The number of hydrogen-bond donors (Lipinski definition) is 2. The standard InChI is InChI=1S/C11H15NOS/c1-8(2)7-9-3-5-10(6-4-9)12-11(13)14/h3-6,8H,7H2,1-2H3,(H2,12,13,14). The molecule has 1 amide bonds. The molecule has 2 nitrogen and oxygen atoms in total. The van der Waals surface area contributed by atoms with Crippen molar-refractivity contribution in [1.82, 2.24) is 0 Å². The van der Waals surface area contributed by atoms with E-state index in [0.717, 1.165) is 12.1 Å². The van der Waals surface area contributed by atoms with Gasteiger partial charge in [0, 0.05) is 5.69 Å². The first-order valence-electron chi connectivity index (χ1n) is 4.67. The van der Waals surface area contributed by atoms with Crippen molar-refractivity contribution in [2.45, 2.75) is 20.3 Å². The molecule has 0 bridgehead atoms. The smallest absolute Gasteiger partial charge is 0.280 e. The van der Waals surface area contributed by atoms with Gasteiger partial charge in [0.2, 0.25) is 0 Å². The minimum absolute atomic E-state index is 0.332. The molecular formula is C11H15NOS. The molecule has 14 heavy (non-hydrogen) atoms. The van der Waals surface area contributed by atoms with E-state index < -0.39 is 0 Å². The molecule has 0 heterocycles. The van der Waals surface area contributed by atoms with Gasteiger partial charge in [-0.25, -0.2) is 0 Å². The van der Waals surface area contributed by atoms with E-state index in [1.807, 2.05) is 24.3 Å². The van der Waals surface area contributed by atoms with Crippen molar-refractivity contribution in [3.63, 3.8) is 0 Å². The minimum atomic E-state index is -0.332. The minimum Gasteiger partial charge on any atom is -0.317 e. The Balaban J connectivity index is 2.63. The maximum atomic E-state index is 10.6. The number of carbonyl (C=O) groups excluding carboxylic acids is 1. The topological polar surface area (TPSA) is 29.1 Å². The molecule has 76 valence electrons. The van der Waals surface area contributed by atoms with Gasteiger partial charge in [-0.1, -0.05) is 38.6 Å². The molecule has 0 atom stereocenters. The number of hydrogen-bond acceptors (Lipinski definition) is 1. The van der Waals surface area contributed by atoms with Crippen LogP contribution in [0.3, 0.4) is 0 Å². The summed E-state index contributed by atoms with van der Waals surface area (Å²) in [6.07, 6.45) is 1.06. The van der Waals surface area contributed by atoms with E-state index in [2.05, 4.69) is 31.8 Å². The number of nitrogens with one attached hydrogen (secondary N) is 1. The summed E-state index contributed by atoms with van der Waals surface area (Å²) in [5.74, 6) is 0.653. The predicted octanol–water partition coefficient (Wildman–Crippen LogP) is 3.35. The third-order valence-electron chi connectivity index (χ3n) is 1.85. The molecule has 0 radical (unpaired) electrons. The Morgan fingerprint density at radius 2 is 1.93 bits per heavy atom. The molecule has 0 aliphatic heterocycles. The highest BCUT2D eigenvalue weighted by Gasteiger charge is 1.99. The Morgan fingerprint density at radius 1 is 1.36 bits per heavy atom. The van der Waals surface area contributed by atoms with Crippen molar-refractivity contribution >= 4 is 23.6 Å². The third kappa shape index (κ3) is 3.83. The Bertz CT molecular complexity index is 306. The first-order chi connectivity index (χ1) is 6.58. The van der Waals surface area contributed by atoms with E-state index in [4.69, 9.17) is 0 Å². The van der Waals surface area contributed by atoms with Gasteiger partial charge in [-0.15, -0.1) is 0 Å². The highest BCUT2D eigenvalue weighted by molar-refractivity contribution is 7.96. The number of carbonyl (C=O) groups is 1. The van der Waals surface area contributed by atoms with Gasteiger partial charge >= 0.3 is 0 Å². The molecule has 0 unspecified atom stereocenters. The average molecular weight is 209 g/mol. The number of benzene rings is 1. The highest BCUT2D eigenvalue weighted by Crippen LogP contribution is 2.13. The predicted molar refractivity (Wildman–Crippen MR) is 63.0 cm³/mol. The number of rotatable bonds is 3. The van der Waals surface area contributed by atoms with Gasteiger partial charge in [-0.2, -0.15) is 0 Å². The van der Waals surface area contributed by atoms with Gasteiger partial charge in [0.05, 0.1) is 0 Å². The third-order valence-corrected chi connectivity index (χ3v) is 1.96. The summed E-state index contributed by atoms with van der Waals surface area (Å²) in [5.41, 5.74) is 2.08. The normalized spacial score (nSPS) is 10.3. The van der Waals surface area contributed by atoms with Crippen LogP contribution >= 0.6 is 12.6 Å². The van der Waals surface area contributed by atoms with Crippen LogP contribution in [0, 0.1) is 5.92 Å². The van der Waals surface area contributed by atoms with Crippen molar-refractivity contribution in [3.8, 4) is 0 Å². The van der Waals surface area contributed by atoms with Crippen LogP contribution in [0.25, 0.3) is 0 Å². The van der Waals surface area contributed by atoms with Crippen LogP contribution in [-0.2, 0) is 6.42 Å². The zero-order valence-electron chi connectivity index (χ0n) is 8.45. The zero-order valence-corrected chi connectivity index (χ0v) is 9.34. The molecule has 1 rings (SSSR count). The van der Waals surface area contributed by atoms with Crippen LogP contribution in [-0.4, -0.2) is 5.24 Å². The molecular weight excluding hydrogens is 194 g/mol. The summed E-state index contributed by atoms with van der Waals surface area (Å²) in [4.78, 5) is 10.6. The van der Waals surface area contributed by atoms with Crippen molar-refractivity contribution in [3.05, 3.63) is 29.8 Å². The lowest BCUT2D eigenvalue weighted by atomic mass is 10.0. The molecule has 0 aliphatic rings. The first-order valence-corrected chi connectivity index (χ1v) is 5.11. The second-order valence-electron chi connectivity index (χ2n) is 3.73. The Kier molecular flexibility index (Phi) is 4.01. The number of amides is 1. The fourth-order valence-corrected chi connectivity index (χ4v) is 1.45. The monoisotopic (exact) mass is 209 g/mol. The summed E-state index contributed by atoms with van der Waals surface area (Å²) in [5, 5.41) is 2.28. The molecule has 0 fully saturated rings. The van der Waals surface area contributed by atoms with Gasteiger partial charge in [0.15, 0.2) is 0 Å². The van der Waals surface area contributed by atoms with Crippen LogP contribution in [0.2, 0.25) is 0 Å². The second-order valence-corrected chi connectivity index (χ2v) is 4.13. The van der Waals surface area contributed by atoms with Crippen molar-refractivity contribution in [2.24, 2.45) is 5.92 Å². The second kappa shape index (κ2) is 5.05. The largest absolute Gasteiger partial charge is 0.317 e. The molecule has 0 spiro atoms. The molecule has 3 heteroatoms. The lowest BCUT2D eigenvalue weighted by Gasteiger charge is -2.06. The van der Waals surface area contributed by atoms with Crippen LogP contribution in [0.1, 0.15) is 19.4 Å². The first kappa shape index (κ1) is 11.1. The molecule has 1 aromatic carbocycles. The fourth-order valence-electron chi connectivity index (χ4n) is 1.32. The van der Waals surface area contributed by atoms with E-state index in [-0.39, 0.29) is 5.24 Å². The summed E-state index contributed by atoms with van der Waals surface area (Å²) < 4.78 is 0. The van der Waals surface area contributed by atoms with E-state index in [0.29, 0.717) is 5.92 Å². The van der Waals surface area contributed by atoms with Crippen LogP contribution in [0.5, 0.6) is 0 Å². The highest BCUT2D eigenvalue weighted by atomic mass is 32.1. The van der Waals surface area contributed by atoms with E-state index in [1.165, 1.54) is 5.56 Å². The number of anilines is 1. The zero-order chi connectivity index (χ0) is 10.6. The van der Waals surface area contributed by atoms with E-state index in [9.17, 15) is 4.79 Å². The molecule has 1 aromatic rings. The van der Waals surface area contributed by atoms with Gasteiger partial charge in [0.1, 0.15) is 0 Å². The molecule has 0 aliphatic carbocycles. The summed E-state index contributed by atoms with van der Waals surface area (Å²) >= 11 is 3.64. The van der Waals surface area contributed by atoms with Crippen LogP contribution < -0.4 is 5.32 Å². The Morgan fingerprint density at radius 3 is 2.36 bits per heavy atom. The van der Waals surface area contributed by atoms with E-state index in [1.54, 1.807) is 0 Å². The molecule has 0 aromatic heterocycles. The Labute approximate surface area is 90.1 Å². The summed E-state index contributed by atoms with van der Waals surface area (Å²) in [6.45, 7) is 4.37. The number of thiol groups is 1. The SMILES string of the molecule is CC(C)Cc1ccc(NC(=O)S)cc1. The lowest BCUT2D eigenvalue weighted by molar-refractivity contribution is 0.270. The van der Waals surface area contributed by atoms with Crippen LogP contribution in [0.15, 0.2) is 24.3 Å². The summed E-state index contributed by atoms with van der Waals surface area (Å²) in [6, 6.07) is 7.84. The van der Waals surface area contributed by atoms with E-state index >= 15 is 0 Å². The van der Waals surface area contributed by atoms with Crippen molar-refractivity contribution < 1.29 is 4.79 Å². The maximum Gasteiger partial charge on any atom is 0.280 e. The van der Waals surface area contributed by atoms with Crippen molar-refractivity contribution in [2.75, 3.05) is 5.32 Å². The van der Waals surface area contributed by atoms with Gasteiger partial charge in [-0.3, -0.25) is 4.79 Å². The Hall–Kier alpha value is -0.960. The van der Waals surface area contributed by atoms with Gasteiger partial charge in [0.25, 0.3) is 5.24 Å². The lowest BCUT2D eigenvalue weighted by Crippen LogP contribution is -2.01.